The largest absolute Gasteiger partial charge is 0.359 e. The van der Waals surface area contributed by atoms with Crippen molar-refractivity contribution in [3.63, 3.8) is 0 Å². The summed E-state index contributed by atoms with van der Waals surface area (Å²) in [4.78, 5) is 28.6. The fourth-order valence-electron chi connectivity index (χ4n) is 3.32. The van der Waals surface area contributed by atoms with Crippen LogP contribution in [0.2, 0.25) is 0 Å². The van der Waals surface area contributed by atoms with Gasteiger partial charge in [-0.1, -0.05) is 24.3 Å². The number of amides is 2. The number of benzene rings is 3. The summed E-state index contributed by atoms with van der Waals surface area (Å²) in [7, 11) is 1.61. The fraction of sp³-hybridized carbons (Fsp3) is 0.125. The second-order valence-electron chi connectivity index (χ2n) is 7.16. The van der Waals surface area contributed by atoms with Crippen LogP contribution in [-0.2, 0) is 11.2 Å². The number of carbonyl (C=O) groups excluding carboxylic acids is 2. The van der Waals surface area contributed by atoms with Crippen LogP contribution >= 0.6 is 0 Å². The van der Waals surface area contributed by atoms with Crippen molar-refractivity contribution in [1.29, 1.82) is 0 Å². The summed E-state index contributed by atoms with van der Waals surface area (Å²) in [6.45, 7) is 2.05. The van der Waals surface area contributed by atoms with Crippen molar-refractivity contribution in [2.75, 3.05) is 12.4 Å². The Bertz CT molecular complexity index is 1230. The number of carbonyl (C=O) groups is 2. The zero-order valence-electron chi connectivity index (χ0n) is 16.8. The van der Waals surface area contributed by atoms with E-state index in [1.807, 2.05) is 34.9 Å². The Hall–Kier alpha value is -3.93. The van der Waals surface area contributed by atoms with Gasteiger partial charge in [0.15, 0.2) is 0 Å². The minimum absolute atomic E-state index is 0.0508. The van der Waals surface area contributed by atoms with E-state index in [-0.39, 0.29) is 11.8 Å². The number of aromatic nitrogens is 2. The van der Waals surface area contributed by atoms with Gasteiger partial charge < -0.3 is 10.6 Å². The number of aryl methyl sites for hydroxylation is 1. The topological polar surface area (TPSA) is 76.0 Å². The van der Waals surface area contributed by atoms with E-state index in [1.165, 1.54) is 5.56 Å². The Morgan fingerprint density at radius 2 is 1.80 bits per heavy atom. The first-order valence-electron chi connectivity index (χ1n) is 9.68. The molecule has 0 radical (unpaired) electrons. The molecule has 0 aliphatic heterocycles. The summed E-state index contributed by atoms with van der Waals surface area (Å²) < 4.78 is 2.01. The number of likely N-dealkylation sites (N-methyl/N-ethyl adjacent to an activating group) is 1. The third-order valence-electron chi connectivity index (χ3n) is 4.94. The van der Waals surface area contributed by atoms with Crippen molar-refractivity contribution in [3.05, 3.63) is 89.7 Å². The van der Waals surface area contributed by atoms with E-state index in [2.05, 4.69) is 34.7 Å². The van der Waals surface area contributed by atoms with E-state index in [1.54, 1.807) is 37.6 Å². The predicted molar refractivity (Wildman–Crippen MR) is 118 cm³/mol. The monoisotopic (exact) mass is 398 g/mol. The summed E-state index contributed by atoms with van der Waals surface area (Å²) >= 11 is 0. The molecule has 1 heterocycles. The van der Waals surface area contributed by atoms with Gasteiger partial charge in [0.25, 0.3) is 5.91 Å². The predicted octanol–water partition coefficient (Wildman–Crippen LogP) is 3.87. The molecule has 6 nitrogen and oxygen atoms in total. The van der Waals surface area contributed by atoms with Gasteiger partial charge in [-0.05, 0) is 60.5 Å². The number of nitrogens with one attached hydrogen (secondary N) is 2. The van der Waals surface area contributed by atoms with E-state index in [0.717, 1.165) is 22.3 Å². The molecule has 0 atom stereocenters. The quantitative estimate of drug-likeness (QED) is 0.536. The Kier molecular flexibility index (Phi) is 5.30. The van der Waals surface area contributed by atoms with Gasteiger partial charge in [-0.25, -0.2) is 4.98 Å². The first-order chi connectivity index (χ1) is 14.5. The minimum Gasteiger partial charge on any atom is -0.359 e. The fourth-order valence-corrected chi connectivity index (χ4v) is 3.32. The molecule has 3 aromatic carbocycles. The molecule has 6 heteroatoms. The molecule has 0 saturated heterocycles. The van der Waals surface area contributed by atoms with E-state index in [4.69, 9.17) is 0 Å². The van der Waals surface area contributed by atoms with Gasteiger partial charge in [-0.15, -0.1) is 0 Å². The SMILES string of the molecule is CNC(=O)Cc1ccc(NC(=O)c2ccc3c(c2)ncn3-c2cccc(C)c2)cc1. The van der Waals surface area contributed by atoms with Crippen LogP contribution in [0, 0.1) is 6.92 Å². The lowest BCUT2D eigenvalue weighted by molar-refractivity contribution is -0.119. The van der Waals surface area contributed by atoms with Crippen LogP contribution in [-0.4, -0.2) is 28.4 Å². The first kappa shape index (κ1) is 19.4. The molecule has 0 fully saturated rings. The van der Waals surface area contributed by atoms with Crippen molar-refractivity contribution in [2.45, 2.75) is 13.3 Å². The van der Waals surface area contributed by atoms with E-state index in [0.29, 0.717) is 17.7 Å². The molecule has 0 unspecified atom stereocenters. The molecule has 0 aliphatic rings. The van der Waals surface area contributed by atoms with Crippen molar-refractivity contribution in [3.8, 4) is 5.69 Å². The van der Waals surface area contributed by atoms with Gasteiger partial charge in [-0.3, -0.25) is 14.2 Å². The van der Waals surface area contributed by atoms with E-state index in [9.17, 15) is 9.59 Å². The molecule has 0 bridgehead atoms. The summed E-state index contributed by atoms with van der Waals surface area (Å²) in [6.07, 6.45) is 2.08. The third kappa shape index (κ3) is 4.07. The van der Waals surface area contributed by atoms with E-state index >= 15 is 0 Å². The average Bonchev–Trinajstić information content (AvgIpc) is 3.18. The van der Waals surface area contributed by atoms with Crippen LogP contribution in [0.4, 0.5) is 5.69 Å². The highest BCUT2D eigenvalue weighted by Crippen LogP contribution is 2.21. The van der Waals surface area contributed by atoms with Crippen molar-refractivity contribution in [1.82, 2.24) is 14.9 Å². The number of imidazole rings is 1. The van der Waals surface area contributed by atoms with Crippen LogP contribution in [0.5, 0.6) is 0 Å². The van der Waals surface area contributed by atoms with Gasteiger partial charge in [0.1, 0.15) is 6.33 Å². The lowest BCUT2D eigenvalue weighted by atomic mass is 10.1. The van der Waals surface area contributed by atoms with Crippen LogP contribution in [0.3, 0.4) is 0 Å². The number of nitrogens with zero attached hydrogens (tertiary/aromatic N) is 2. The highest BCUT2D eigenvalue weighted by molar-refractivity contribution is 6.06. The summed E-state index contributed by atoms with van der Waals surface area (Å²) in [5, 5.41) is 5.48. The first-order valence-corrected chi connectivity index (χ1v) is 9.68. The van der Waals surface area contributed by atoms with Gasteiger partial charge in [0, 0.05) is 24.0 Å². The van der Waals surface area contributed by atoms with Crippen molar-refractivity contribution < 1.29 is 9.59 Å². The summed E-state index contributed by atoms with van der Waals surface area (Å²) in [5.74, 6) is -0.258. The van der Waals surface area contributed by atoms with Crippen LogP contribution in [0.25, 0.3) is 16.7 Å². The second-order valence-corrected chi connectivity index (χ2v) is 7.16. The van der Waals surface area contributed by atoms with Gasteiger partial charge in [0.2, 0.25) is 5.91 Å². The summed E-state index contributed by atoms with van der Waals surface area (Å²) in [6, 6.07) is 20.9. The van der Waals surface area contributed by atoms with Crippen molar-refractivity contribution >= 4 is 28.5 Å². The maximum atomic E-state index is 12.7. The molecule has 0 aliphatic carbocycles. The number of hydrogen-bond donors (Lipinski definition) is 2. The maximum Gasteiger partial charge on any atom is 0.255 e. The summed E-state index contributed by atoms with van der Waals surface area (Å²) in [5.41, 5.74) is 5.99. The highest BCUT2D eigenvalue weighted by atomic mass is 16.2. The number of hydrogen-bond acceptors (Lipinski definition) is 3. The zero-order valence-corrected chi connectivity index (χ0v) is 16.8. The molecule has 1 aromatic heterocycles. The van der Waals surface area contributed by atoms with Crippen LogP contribution in [0.15, 0.2) is 73.1 Å². The minimum atomic E-state index is -0.207. The highest BCUT2D eigenvalue weighted by Gasteiger charge is 2.11. The lowest BCUT2D eigenvalue weighted by Gasteiger charge is -2.08. The molecule has 150 valence electrons. The van der Waals surface area contributed by atoms with Gasteiger partial charge >= 0.3 is 0 Å². The molecule has 4 aromatic rings. The molecule has 30 heavy (non-hydrogen) atoms. The van der Waals surface area contributed by atoms with Crippen LogP contribution < -0.4 is 10.6 Å². The average molecular weight is 398 g/mol. The second kappa shape index (κ2) is 8.21. The van der Waals surface area contributed by atoms with Gasteiger partial charge in [0.05, 0.1) is 17.5 Å². The van der Waals surface area contributed by atoms with E-state index < -0.39 is 0 Å². The molecule has 4 rings (SSSR count). The smallest absolute Gasteiger partial charge is 0.255 e. The standard InChI is InChI=1S/C24H22N4O2/c1-16-4-3-5-20(12-16)28-15-26-21-14-18(8-11-22(21)28)24(30)27-19-9-6-17(7-10-19)13-23(29)25-2/h3-12,14-15H,13H2,1-2H3,(H,25,29)(H,27,30). The molecular weight excluding hydrogens is 376 g/mol. The third-order valence-corrected chi connectivity index (χ3v) is 4.94. The van der Waals surface area contributed by atoms with Crippen LogP contribution in [0.1, 0.15) is 21.5 Å². The molecular formula is C24H22N4O2. The lowest BCUT2D eigenvalue weighted by Crippen LogP contribution is -2.19. The normalized spacial score (nSPS) is 10.7. The van der Waals surface area contributed by atoms with Crippen molar-refractivity contribution in [2.24, 2.45) is 0 Å². The molecule has 2 amide bonds. The Labute approximate surface area is 174 Å². The Balaban J connectivity index is 1.52. The Morgan fingerprint density at radius 3 is 2.53 bits per heavy atom. The maximum absolute atomic E-state index is 12.7. The number of fused-ring (bicyclic) bond motifs is 1. The number of rotatable bonds is 5. The zero-order chi connectivity index (χ0) is 21.1. The van der Waals surface area contributed by atoms with Gasteiger partial charge in [-0.2, -0.15) is 0 Å². The number of anilines is 1. The molecule has 2 N–H and O–H groups in total. The Morgan fingerprint density at radius 1 is 1.00 bits per heavy atom. The molecule has 0 saturated carbocycles. The molecule has 0 spiro atoms.